The van der Waals surface area contributed by atoms with E-state index in [4.69, 9.17) is 4.74 Å². The summed E-state index contributed by atoms with van der Waals surface area (Å²) < 4.78 is 5.45. The summed E-state index contributed by atoms with van der Waals surface area (Å²) in [6.45, 7) is 5.36. The molecule has 0 saturated heterocycles. The molecule has 0 fully saturated rings. The van der Waals surface area contributed by atoms with Gasteiger partial charge in [0.05, 0.1) is 6.10 Å². The smallest absolute Gasteiger partial charge is 0.0561 e. The van der Waals surface area contributed by atoms with E-state index in [1.807, 2.05) is 0 Å². The number of hydrogen-bond donors (Lipinski definition) is 1. The third-order valence-corrected chi connectivity index (χ3v) is 3.81. The molecule has 2 rings (SSSR count). The molecule has 2 aromatic rings. The van der Waals surface area contributed by atoms with Crippen LogP contribution in [0.15, 0.2) is 42.5 Å². The summed E-state index contributed by atoms with van der Waals surface area (Å²) in [7, 11) is 1.78. The zero-order valence-corrected chi connectivity index (χ0v) is 12.7. The zero-order valence-electron chi connectivity index (χ0n) is 12.7. The Balaban J connectivity index is 2.34. The molecule has 0 spiro atoms. The molecule has 0 saturated carbocycles. The van der Waals surface area contributed by atoms with Crippen molar-refractivity contribution in [3.05, 3.63) is 48.0 Å². The summed E-state index contributed by atoms with van der Waals surface area (Å²) >= 11 is 0. The number of rotatable bonds is 7. The van der Waals surface area contributed by atoms with Crippen molar-refractivity contribution in [3.63, 3.8) is 0 Å². The largest absolute Gasteiger partial charge is 0.382 e. The highest BCUT2D eigenvalue weighted by Crippen LogP contribution is 2.27. The lowest BCUT2D eigenvalue weighted by atomic mass is 9.95. The quantitative estimate of drug-likeness (QED) is 0.810. The highest BCUT2D eigenvalue weighted by Gasteiger charge is 2.16. The molecule has 2 nitrogen and oxygen atoms in total. The van der Waals surface area contributed by atoms with Crippen LogP contribution in [-0.2, 0) is 4.74 Å². The fourth-order valence-corrected chi connectivity index (χ4v) is 2.62. The predicted octanol–water partition coefficient (Wildman–Crippen LogP) is 4.31. The standard InChI is InChI=1S/C18H25NO/c1-4-12-19-18(13-14(2)20-3)17-11-7-9-15-8-5-6-10-16(15)17/h5-11,14,18-19H,4,12-13H2,1-3H3. The minimum atomic E-state index is 0.253. The lowest BCUT2D eigenvalue weighted by Gasteiger charge is -2.23. The maximum Gasteiger partial charge on any atom is 0.0561 e. The second-order valence-corrected chi connectivity index (χ2v) is 5.36. The Morgan fingerprint density at radius 3 is 2.60 bits per heavy atom. The maximum absolute atomic E-state index is 5.45. The number of methoxy groups -OCH3 is 1. The highest BCUT2D eigenvalue weighted by atomic mass is 16.5. The van der Waals surface area contributed by atoms with Crippen molar-refractivity contribution in [2.75, 3.05) is 13.7 Å². The van der Waals surface area contributed by atoms with E-state index in [0.29, 0.717) is 6.04 Å². The van der Waals surface area contributed by atoms with E-state index in [1.165, 1.54) is 16.3 Å². The number of hydrogen-bond acceptors (Lipinski definition) is 2. The first-order chi connectivity index (χ1) is 9.76. The van der Waals surface area contributed by atoms with Crippen LogP contribution in [-0.4, -0.2) is 19.8 Å². The average Bonchev–Trinajstić information content (AvgIpc) is 2.50. The highest BCUT2D eigenvalue weighted by molar-refractivity contribution is 5.86. The third-order valence-electron chi connectivity index (χ3n) is 3.81. The number of fused-ring (bicyclic) bond motifs is 1. The van der Waals surface area contributed by atoms with Crippen molar-refractivity contribution in [1.29, 1.82) is 0 Å². The molecule has 0 bridgehead atoms. The number of benzene rings is 2. The second-order valence-electron chi connectivity index (χ2n) is 5.36. The summed E-state index contributed by atoms with van der Waals surface area (Å²) in [6.07, 6.45) is 2.39. The van der Waals surface area contributed by atoms with Gasteiger partial charge in [-0.25, -0.2) is 0 Å². The van der Waals surface area contributed by atoms with Crippen molar-refractivity contribution in [2.24, 2.45) is 0 Å². The minimum absolute atomic E-state index is 0.253. The summed E-state index contributed by atoms with van der Waals surface area (Å²) in [5.74, 6) is 0. The monoisotopic (exact) mass is 271 g/mol. The van der Waals surface area contributed by atoms with Crippen molar-refractivity contribution in [1.82, 2.24) is 5.32 Å². The van der Waals surface area contributed by atoms with Gasteiger partial charge in [0.2, 0.25) is 0 Å². The van der Waals surface area contributed by atoms with Gasteiger partial charge >= 0.3 is 0 Å². The van der Waals surface area contributed by atoms with Crippen LogP contribution < -0.4 is 5.32 Å². The first-order valence-electron chi connectivity index (χ1n) is 7.50. The van der Waals surface area contributed by atoms with Crippen molar-refractivity contribution >= 4 is 10.8 Å². The molecule has 2 unspecified atom stereocenters. The van der Waals surface area contributed by atoms with Crippen LogP contribution in [0.4, 0.5) is 0 Å². The van der Waals surface area contributed by atoms with Crippen LogP contribution >= 0.6 is 0 Å². The molecule has 0 aliphatic carbocycles. The SMILES string of the molecule is CCCNC(CC(C)OC)c1cccc2ccccc12. The first kappa shape index (κ1) is 15.0. The average molecular weight is 271 g/mol. The fourth-order valence-electron chi connectivity index (χ4n) is 2.62. The first-order valence-corrected chi connectivity index (χ1v) is 7.50. The van der Waals surface area contributed by atoms with E-state index >= 15 is 0 Å². The molecule has 2 aromatic carbocycles. The normalized spacial score (nSPS) is 14.3. The molecule has 1 N–H and O–H groups in total. The van der Waals surface area contributed by atoms with Crippen molar-refractivity contribution < 1.29 is 4.74 Å². The molecular formula is C18H25NO. The molecule has 0 aromatic heterocycles. The van der Waals surface area contributed by atoms with Gasteiger partial charge in [-0.05, 0) is 42.6 Å². The van der Waals surface area contributed by atoms with Crippen LogP contribution in [0.3, 0.4) is 0 Å². The van der Waals surface area contributed by atoms with Crippen molar-refractivity contribution in [2.45, 2.75) is 38.8 Å². The van der Waals surface area contributed by atoms with E-state index < -0.39 is 0 Å². The Morgan fingerprint density at radius 1 is 1.10 bits per heavy atom. The Hall–Kier alpha value is -1.38. The molecule has 0 radical (unpaired) electrons. The maximum atomic E-state index is 5.45. The van der Waals surface area contributed by atoms with Gasteiger partial charge in [0, 0.05) is 13.2 Å². The lowest BCUT2D eigenvalue weighted by molar-refractivity contribution is 0.101. The summed E-state index contributed by atoms with van der Waals surface area (Å²) in [6, 6.07) is 15.5. The van der Waals surface area contributed by atoms with E-state index in [-0.39, 0.29) is 6.10 Å². The molecule has 0 aliphatic heterocycles. The van der Waals surface area contributed by atoms with E-state index in [0.717, 1.165) is 19.4 Å². The topological polar surface area (TPSA) is 21.3 Å². The van der Waals surface area contributed by atoms with Crippen LogP contribution in [0.2, 0.25) is 0 Å². The van der Waals surface area contributed by atoms with E-state index in [9.17, 15) is 0 Å². The fraction of sp³-hybridized carbons (Fsp3) is 0.444. The molecule has 108 valence electrons. The summed E-state index contributed by atoms with van der Waals surface area (Å²) in [4.78, 5) is 0. The lowest BCUT2D eigenvalue weighted by Crippen LogP contribution is -2.26. The van der Waals surface area contributed by atoms with Gasteiger partial charge in [-0.1, -0.05) is 49.4 Å². The van der Waals surface area contributed by atoms with Gasteiger partial charge in [-0.2, -0.15) is 0 Å². The Morgan fingerprint density at radius 2 is 1.85 bits per heavy atom. The number of ether oxygens (including phenoxy) is 1. The number of nitrogens with one attached hydrogen (secondary N) is 1. The van der Waals surface area contributed by atoms with Crippen LogP contribution in [0.5, 0.6) is 0 Å². The van der Waals surface area contributed by atoms with Crippen LogP contribution in [0.1, 0.15) is 38.3 Å². The second kappa shape index (κ2) is 7.41. The van der Waals surface area contributed by atoms with Gasteiger partial charge in [0.15, 0.2) is 0 Å². The van der Waals surface area contributed by atoms with Gasteiger partial charge in [0.1, 0.15) is 0 Å². The van der Waals surface area contributed by atoms with E-state index in [1.54, 1.807) is 7.11 Å². The van der Waals surface area contributed by atoms with Crippen LogP contribution in [0, 0.1) is 0 Å². The van der Waals surface area contributed by atoms with Crippen molar-refractivity contribution in [3.8, 4) is 0 Å². The molecule has 2 heteroatoms. The zero-order chi connectivity index (χ0) is 14.4. The van der Waals surface area contributed by atoms with E-state index in [2.05, 4.69) is 61.6 Å². The molecular weight excluding hydrogens is 246 g/mol. The molecule has 0 aliphatic rings. The molecule has 20 heavy (non-hydrogen) atoms. The van der Waals surface area contributed by atoms with Gasteiger partial charge < -0.3 is 10.1 Å². The summed E-state index contributed by atoms with van der Waals surface area (Å²) in [5.41, 5.74) is 1.38. The minimum Gasteiger partial charge on any atom is -0.382 e. The predicted molar refractivity (Wildman–Crippen MR) is 86.1 cm³/mol. The Labute approximate surface area is 122 Å². The van der Waals surface area contributed by atoms with Gasteiger partial charge in [-0.15, -0.1) is 0 Å². The molecule has 0 amide bonds. The van der Waals surface area contributed by atoms with Crippen LogP contribution in [0.25, 0.3) is 10.8 Å². The Kier molecular flexibility index (Phi) is 5.57. The third kappa shape index (κ3) is 3.59. The molecule has 0 heterocycles. The van der Waals surface area contributed by atoms with Gasteiger partial charge in [0.25, 0.3) is 0 Å². The van der Waals surface area contributed by atoms with Gasteiger partial charge in [-0.3, -0.25) is 0 Å². The Bertz CT molecular complexity index is 532. The summed E-state index contributed by atoms with van der Waals surface area (Å²) in [5, 5.41) is 6.31. The molecule has 2 atom stereocenters.